The fourth-order valence-electron chi connectivity index (χ4n) is 3.49. The van der Waals surface area contributed by atoms with Gasteiger partial charge in [-0.1, -0.05) is 0 Å². The molecule has 0 aliphatic carbocycles. The molecule has 1 amide bonds. The zero-order valence-electron chi connectivity index (χ0n) is 14.9. The highest BCUT2D eigenvalue weighted by Crippen LogP contribution is 2.35. The molecule has 1 aromatic carbocycles. The lowest BCUT2D eigenvalue weighted by Gasteiger charge is -2.36. The minimum Gasteiger partial charge on any atom is -0.454 e. The van der Waals surface area contributed by atoms with E-state index in [1.54, 1.807) is 0 Å². The van der Waals surface area contributed by atoms with Crippen LogP contribution in [0.2, 0.25) is 0 Å². The normalized spacial score (nSPS) is 16.4. The van der Waals surface area contributed by atoms with Crippen molar-refractivity contribution < 1.29 is 14.3 Å². The highest BCUT2D eigenvalue weighted by Gasteiger charge is 2.25. The summed E-state index contributed by atoms with van der Waals surface area (Å²) in [6.07, 6.45) is 0. The molecule has 4 rings (SSSR count). The predicted molar refractivity (Wildman–Crippen MR) is 95.6 cm³/mol. The van der Waals surface area contributed by atoms with Crippen molar-refractivity contribution in [3.05, 3.63) is 41.2 Å². The van der Waals surface area contributed by atoms with E-state index < -0.39 is 0 Å². The van der Waals surface area contributed by atoms with Crippen LogP contribution in [0.5, 0.6) is 11.5 Å². The standard InChI is InChI=1S/C19H23N3O3/c1-13-10-16(14(2)20(13)3)19(23)22-8-6-21(7-9-22)15-4-5-17-18(11-15)25-12-24-17/h4-5,10-11H,6-9,12H2,1-3H3. The molecule has 0 unspecified atom stereocenters. The second-order valence-electron chi connectivity index (χ2n) is 6.66. The second-order valence-corrected chi connectivity index (χ2v) is 6.66. The van der Waals surface area contributed by atoms with E-state index in [0.29, 0.717) is 0 Å². The number of ether oxygens (including phenoxy) is 2. The summed E-state index contributed by atoms with van der Waals surface area (Å²) in [5.74, 6) is 1.73. The van der Waals surface area contributed by atoms with Gasteiger partial charge >= 0.3 is 0 Å². The summed E-state index contributed by atoms with van der Waals surface area (Å²) in [4.78, 5) is 17.1. The van der Waals surface area contributed by atoms with Gasteiger partial charge in [0.1, 0.15) is 0 Å². The molecule has 2 aliphatic rings. The Kier molecular flexibility index (Phi) is 3.82. The summed E-state index contributed by atoms with van der Waals surface area (Å²) in [6.45, 7) is 7.40. The number of aromatic nitrogens is 1. The third kappa shape index (κ3) is 2.71. The van der Waals surface area contributed by atoms with Gasteiger partial charge in [-0.25, -0.2) is 0 Å². The zero-order chi connectivity index (χ0) is 17.6. The average molecular weight is 341 g/mol. The number of piperazine rings is 1. The van der Waals surface area contributed by atoms with Gasteiger partial charge < -0.3 is 23.8 Å². The Morgan fingerprint density at radius 1 is 1.00 bits per heavy atom. The number of carbonyl (C=O) groups excluding carboxylic acids is 1. The van der Waals surface area contributed by atoms with Crippen molar-refractivity contribution in [1.82, 2.24) is 9.47 Å². The first-order valence-corrected chi connectivity index (χ1v) is 8.61. The molecule has 0 N–H and O–H groups in total. The van der Waals surface area contributed by atoms with Crippen molar-refractivity contribution in [3.63, 3.8) is 0 Å². The number of rotatable bonds is 2. The number of aryl methyl sites for hydroxylation is 1. The highest BCUT2D eigenvalue weighted by atomic mass is 16.7. The van der Waals surface area contributed by atoms with Crippen LogP contribution < -0.4 is 14.4 Å². The maximum absolute atomic E-state index is 12.8. The number of anilines is 1. The molecular formula is C19H23N3O3. The molecule has 0 saturated carbocycles. The molecule has 6 heteroatoms. The lowest BCUT2D eigenvalue weighted by Crippen LogP contribution is -2.48. The van der Waals surface area contributed by atoms with Crippen LogP contribution in [0.25, 0.3) is 0 Å². The number of hydrogen-bond acceptors (Lipinski definition) is 4. The maximum Gasteiger partial charge on any atom is 0.255 e. The Hall–Kier alpha value is -2.63. The molecule has 2 aliphatic heterocycles. The molecule has 2 aromatic rings. The molecule has 0 spiro atoms. The van der Waals surface area contributed by atoms with Crippen LogP contribution >= 0.6 is 0 Å². The lowest BCUT2D eigenvalue weighted by molar-refractivity contribution is 0.0746. The van der Waals surface area contributed by atoms with Crippen LogP contribution in [-0.2, 0) is 7.05 Å². The van der Waals surface area contributed by atoms with Crippen molar-refractivity contribution in [3.8, 4) is 11.5 Å². The minimum atomic E-state index is 0.131. The van der Waals surface area contributed by atoms with E-state index >= 15 is 0 Å². The first-order chi connectivity index (χ1) is 12.0. The molecule has 0 bridgehead atoms. The second kappa shape index (κ2) is 6.02. The van der Waals surface area contributed by atoms with Gasteiger partial charge in [-0.05, 0) is 32.0 Å². The van der Waals surface area contributed by atoms with Crippen molar-refractivity contribution >= 4 is 11.6 Å². The van der Waals surface area contributed by atoms with Crippen LogP contribution in [0.15, 0.2) is 24.3 Å². The molecule has 1 fully saturated rings. The zero-order valence-corrected chi connectivity index (χ0v) is 14.9. The summed E-state index contributed by atoms with van der Waals surface area (Å²) in [6, 6.07) is 8.01. The summed E-state index contributed by atoms with van der Waals surface area (Å²) in [5, 5.41) is 0. The SMILES string of the molecule is Cc1cc(C(=O)N2CCN(c3ccc4c(c3)OCO4)CC2)c(C)n1C. The van der Waals surface area contributed by atoms with Gasteiger partial charge in [0.2, 0.25) is 6.79 Å². The number of carbonyl (C=O) groups is 1. The van der Waals surface area contributed by atoms with Crippen molar-refractivity contribution in [2.45, 2.75) is 13.8 Å². The minimum absolute atomic E-state index is 0.131. The Morgan fingerprint density at radius 2 is 1.72 bits per heavy atom. The largest absolute Gasteiger partial charge is 0.454 e. The summed E-state index contributed by atoms with van der Waals surface area (Å²) >= 11 is 0. The van der Waals surface area contributed by atoms with E-state index in [0.717, 1.165) is 60.3 Å². The molecule has 132 valence electrons. The Labute approximate surface area is 147 Å². The van der Waals surface area contributed by atoms with Crippen LogP contribution in [0.4, 0.5) is 5.69 Å². The summed E-state index contributed by atoms with van der Waals surface area (Å²) in [5.41, 5.74) is 4.07. The number of hydrogen-bond donors (Lipinski definition) is 0. The molecule has 1 aromatic heterocycles. The number of nitrogens with zero attached hydrogens (tertiary/aromatic N) is 3. The third-order valence-corrected chi connectivity index (χ3v) is 5.29. The van der Waals surface area contributed by atoms with E-state index in [1.807, 2.05) is 44.0 Å². The summed E-state index contributed by atoms with van der Waals surface area (Å²) in [7, 11) is 2.00. The lowest BCUT2D eigenvalue weighted by atomic mass is 10.2. The molecule has 0 atom stereocenters. The van der Waals surface area contributed by atoms with Gasteiger partial charge in [-0.3, -0.25) is 4.79 Å². The molecule has 6 nitrogen and oxygen atoms in total. The Balaban J connectivity index is 1.44. The topological polar surface area (TPSA) is 46.9 Å². The van der Waals surface area contributed by atoms with Crippen LogP contribution in [-0.4, -0.2) is 48.3 Å². The van der Waals surface area contributed by atoms with Gasteiger partial charge in [0.25, 0.3) is 5.91 Å². The molecular weight excluding hydrogens is 318 g/mol. The smallest absolute Gasteiger partial charge is 0.255 e. The fraction of sp³-hybridized carbons (Fsp3) is 0.421. The number of benzene rings is 1. The third-order valence-electron chi connectivity index (χ3n) is 5.29. The van der Waals surface area contributed by atoms with E-state index in [2.05, 4.69) is 15.5 Å². The van der Waals surface area contributed by atoms with Crippen molar-refractivity contribution in [1.29, 1.82) is 0 Å². The number of amides is 1. The monoisotopic (exact) mass is 341 g/mol. The molecule has 25 heavy (non-hydrogen) atoms. The van der Waals surface area contributed by atoms with Crippen molar-refractivity contribution in [2.24, 2.45) is 7.05 Å². The van der Waals surface area contributed by atoms with E-state index in [-0.39, 0.29) is 12.7 Å². The van der Waals surface area contributed by atoms with Crippen LogP contribution in [0, 0.1) is 13.8 Å². The van der Waals surface area contributed by atoms with E-state index in [9.17, 15) is 4.79 Å². The Morgan fingerprint density at radius 3 is 2.40 bits per heavy atom. The molecule has 1 saturated heterocycles. The maximum atomic E-state index is 12.8. The van der Waals surface area contributed by atoms with Gasteiger partial charge in [0.05, 0.1) is 5.56 Å². The van der Waals surface area contributed by atoms with Crippen LogP contribution in [0.1, 0.15) is 21.7 Å². The first kappa shape index (κ1) is 15.9. The predicted octanol–water partition coefficient (Wildman–Crippen LogP) is 2.33. The van der Waals surface area contributed by atoms with Crippen molar-refractivity contribution in [2.75, 3.05) is 37.9 Å². The average Bonchev–Trinajstić information content (AvgIpc) is 3.21. The fourth-order valence-corrected chi connectivity index (χ4v) is 3.49. The van der Waals surface area contributed by atoms with E-state index in [4.69, 9.17) is 9.47 Å². The van der Waals surface area contributed by atoms with E-state index in [1.165, 1.54) is 0 Å². The molecule has 3 heterocycles. The van der Waals surface area contributed by atoms with Gasteiger partial charge in [-0.2, -0.15) is 0 Å². The quantitative estimate of drug-likeness (QED) is 0.841. The Bertz CT molecular complexity index is 820. The van der Waals surface area contributed by atoms with Gasteiger partial charge in [0, 0.05) is 56.4 Å². The van der Waals surface area contributed by atoms with Gasteiger partial charge in [-0.15, -0.1) is 0 Å². The van der Waals surface area contributed by atoms with Crippen LogP contribution in [0.3, 0.4) is 0 Å². The molecule has 0 radical (unpaired) electrons. The first-order valence-electron chi connectivity index (χ1n) is 8.61. The number of fused-ring (bicyclic) bond motifs is 1. The highest BCUT2D eigenvalue weighted by molar-refractivity contribution is 5.96. The summed E-state index contributed by atoms with van der Waals surface area (Å²) < 4.78 is 12.9. The van der Waals surface area contributed by atoms with Gasteiger partial charge in [0.15, 0.2) is 11.5 Å².